The van der Waals surface area contributed by atoms with Gasteiger partial charge in [0.1, 0.15) is 0 Å². The van der Waals surface area contributed by atoms with Crippen LogP contribution in [0.3, 0.4) is 0 Å². The first-order chi connectivity index (χ1) is 8.74. The molecule has 0 aromatic carbocycles. The highest BCUT2D eigenvalue weighted by atomic mass is 15.0. The molecular weight excluding hydrogens is 222 g/mol. The van der Waals surface area contributed by atoms with E-state index in [4.69, 9.17) is 0 Å². The fourth-order valence-electron chi connectivity index (χ4n) is 2.74. The number of rotatable bonds is 7. The van der Waals surface area contributed by atoms with Gasteiger partial charge in [-0.05, 0) is 24.8 Å². The largest absolute Gasteiger partial charge is 0.337 e. The van der Waals surface area contributed by atoms with E-state index < -0.39 is 0 Å². The molecule has 0 radical (unpaired) electrons. The zero-order valence-electron chi connectivity index (χ0n) is 11.9. The van der Waals surface area contributed by atoms with Crippen LogP contribution in [0.25, 0.3) is 0 Å². The maximum Gasteiger partial charge on any atom is 0.0949 e. The fourth-order valence-corrected chi connectivity index (χ4v) is 2.74. The molecule has 3 heteroatoms. The summed E-state index contributed by atoms with van der Waals surface area (Å²) in [6.07, 6.45) is 11.3. The van der Waals surface area contributed by atoms with Gasteiger partial charge < -0.3 is 9.88 Å². The number of aryl methyl sites for hydroxylation is 1. The molecule has 1 aliphatic carbocycles. The predicted octanol–water partition coefficient (Wildman–Crippen LogP) is 3.21. The standard InChI is InChI=1S/C15H27N3/c1-13(2)9-16-10-15-11-18(12-17-15)8-7-14-5-3-4-6-14/h11-14,16H,3-10H2,1-2H3. The van der Waals surface area contributed by atoms with Crippen LogP contribution in [0.15, 0.2) is 12.5 Å². The molecule has 1 aliphatic rings. The highest BCUT2D eigenvalue weighted by Gasteiger charge is 2.14. The Bertz CT molecular complexity index is 337. The number of imidazole rings is 1. The lowest BCUT2D eigenvalue weighted by molar-refractivity contribution is 0.458. The van der Waals surface area contributed by atoms with Gasteiger partial charge in [-0.2, -0.15) is 0 Å². The highest BCUT2D eigenvalue weighted by molar-refractivity contribution is 4.96. The van der Waals surface area contributed by atoms with E-state index in [1.807, 2.05) is 6.33 Å². The Hall–Kier alpha value is -0.830. The van der Waals surface area contributed by atoms with Crippen molar-refractivity contribution < 1.29 is 0 Å². The van der Waals surface area contributed by atoms with Crippen LogP contribution in [0.5, 0.6) is 0 Å². The molecule has 1 aromatic heterocycles. The van der Waals surface area contributed by atoms with E-state index in [0.717, 1.165) is 25.6 Å². The Morgan fingerprint density at radius 2 is 2.17 bits per heavy atom. The van der Waals surface area contributed by atoms with E-state index in [1.165, 1.54) is 37.8 Å². The van der Waals surface area contributed by atoms with Crippen LogP contribution in [0, 0.1) is 11.8 Å². The second-order valence-corrected chi connectivity index (χ2v) is 6.07. The van der Waals surface area contributed by atoms with Crippen molar-refractivity contribution in [1.29, 1.82) is 0 Å². The number of aromatic nitrogens is 2. The van der Waals surface area contributed by atoms with Gasteiger partial charge in [0, 0.05) is 19.3 Å². The quantitative estimate of drug-likeness (QED) is 0.804. The first-order valence-corrected chi connectivity index (χ1v) is 7.45. The Balaban J connectivity index is 1.68. The predicted molar refractivity (Wildman–Crippen MR) is 75.3 cm³/mol. The molecule has 0 amide bonds. The topological polar surface area (TPSA) is 29.9 Å². The number of nitrogens with zero attached hydrogens (tertiary/aromatic N) is 2. The Labute approximate surface area is 111 Å². The molecule has 0 bridgehead atoms. The smallest absolute Gasteiger partial charge is 0.0949 e. The molecule has 3 nitrogen and oxygen atoms in total. The fraction of sp³-hybridized carbons (Fsp3) is 0.800. The maximum atomic E-state index is 4.46. The van der Waals surface area contributed by atoms with Crippen molar-refractivity contribution in [3.05, 3.63) is 18.2 Å². The van der Waals surface area contributed by atoms with Gasteiger partial charge in [-0.25, -0.2) is 4.98 Å². The molecular formula is C15H27N3. The van der Waals surface area contributed by atoms with Gasteiger partial charge in [-0.3, -0.25) is 0 Å². The van der Waals surface area contributed by atoms with E-state index in [2.05, 4.69) is 34.9 Å². The van der Waals surface area contributed by atoms with E-state index in [9.17, 15) is 0 Å². The second kappa shape index (κ2) is 6.93. The number of hydrogen-bond donors (Lipinski definition) is 1. The summed E-state index contributed by atoms with van der Waals surface area (Å²) in [7, 11) is 0. The first kappa shape index (κ1) is 13.6. The van der Waals surface area contributed by atoms with Gasteiger partial charge in [0.25, 0.3) is 0 Å². The molecule has 2 rings (SSSR count). The van der Waals surface area contributed by atoms with Crippen LogP contribution in [-0.4, -0.2) is 16.1 Å². The van der Waals surface area contributed by atoms with E-state index in [0.29, 0.717) is 5.92 Å². The van der Waals surface area contributed by atoms with E-state index in [-0.39, 0.29) is 0 Å². The maximum absolute atomic E-state index is 4.46. The van der Waals surface area contributed by atoms with Gasteiger partial charge in [0.15, 0.2) is 0 Å². The van der Waals surface area contributed by atoms with Gasteiger partial charge in [0.2, 0.25) is 0 Å². The lowest BCUT2D eigenvalue weighted by atomic mass is 10.0. The van der Waals surface area contributed by atoms with Crippen LogP contribution < -0.4 is 5.32 Å². The summed E-state index contributed by atoms with van der Waals surface area (Å²) < 4.78 is 2.25. The molecule has 1 aromatic rings. The summed E-state index contributed by atoms with van der Waals surface area (Å²) in [6.45, 7) is 7.56. The van der Waals surface area contributed by atoms with Crippen molar-refractivity contribution in [1.82, 2.24) is 14.9 Å². The zero-order valence-corrected chi connectivity index (χ0v) is 11.9. The van der Waals surface area contributed by atoms with E-state index in [1.54, 1.807) is 0 Å². The van der Waals surface area contributed by atoms with Gasteiger partial charge in [0.05, 0.1) is 12.0 Å². The molecule has 0 atom stereocenters. The molecule has 1 heterocycles. The minimum Gasteiger partial charge on any atom is -0.337 e. The average Bonchev–Trinajstić information content (AvgIpc) is 2.96. The third kappa shape index (κ3) is 4.45. The summed E-state index contributed by atoms with van der Waals surface area (Å²) in [4.78, 5) is 4.46. The van der Waals surface area contributed by atoms with Crippen LogP contribution in [-0.2, 0) is 13.1 Å². The van der Waals surface area contributed by atoms with Crippen LogP contribution in [0.4, 0.5) is 0 Å². The molecule has 1 fully saturated rings. The zero-order chi connectivity index (χ0) is 12.8. The Morgan fingerprint density at radius 3 is 2.89 bits per heavy atom. The molecule has 1 saturated carbocycles. The number of hydrogen-bond acceptors (Lipinski definition) is 2. The molecule has 18 heavy (non-hydrogen) atoms. The summed E-state index contributed by atoms with van der Waals surface area (Å²) in [6, 6.07) is 0. The second-order valence-electron chi connectivity index (χ2n) is 6.07. The lowest BCUT2D eigenvalue weighted by Crippen LogP contribution is -2.19. The van der Waals surface area contributed by atoms with E-state index >= 15 is 0 Å². The van der Waals surface area contributed by atoms with Crippen molar-refractivity contribution in [3.8, 4) is 0 Å². The summed E-state index contributed by atoms with van der Waals surface area (Å²) in [5.41, 5.74) is 1.17. The van der Waals surface area contributed by atoms with Crippen molar-refractivity contribution in [2.45, 2.75) is 59.0 Å². The summed E-state index contributed by atoms with van der Waals surface area (Å²) >= 11 is 0. The number of nitrogens with one attached hydrogen (secondary N) is 1. The first-order valence-electron chi connectivity index (χ1n) is 7.45. The minimum atomic E-state index is 0.703. The summed E-state index contributed by atoms with van der Waals surface area (Å²) in [5, 5.41) is 3.44. The monoisotopic (exact) mass is 249 g/mol. The van der Waals surface area contributed by atoms with Gasteiger partial charge in [-0.15, -0.1) is 0 Å². The molecule has 0 unspecified atom stereocenters. The minimum absolute atomic E-state index is 0.703. The SMILES string of the molecule is CC(C)CNCc1cn(CCC2CCCC2)cn1. The third-order valence-electron chi connectivity index (χ3n) is 3.82. The average molecular weight is 249 g/mol. The van der Waals surface area contributed by atoms with Crippen molar-refractivity contribution in [2.75, 3.05) is 6.54 Å². The van der Waals surface area contributed by atoms with Gasteiger partial charge >= 0.3 is 0 Å². The van der Waals surface area contributed by atoms with Gasteiger partial charge in [-0.1, -0.05) is 39.5 Å². The third-order valence-corrected chi connectivity index (χ3v) is 3.82. The summed E-state index contributed by atoms with van der Waals surface area (Å²) in [5.74, 6) is 1.67. The molecule has 1 N–H and O–H groups in total. The van der Waals surface area contributed by atoms with Crippen LogP contribution in [0.1, 0.15) is 51.6 Å². The molecule has 0 spiro atoms. The highest BCUT2D eigenvalue weighted by Crippen LogP contribution is 2.27. The molecule has 0 saturated heterocycles. The van der Waals surface area contributed by atoms with Crippen molar-refractivity contribution in [3.63, 3.8) is 0 Å². The molecule has 0 aliphatic heterocycles. The Kier molecular flexibility index (Phi) is 5.24. The van der Waals surface area contributed by atoms with Crippen molar-refractivity contribution >= 4 is 0 Å². The normalized spacial score (nSPS) is 16.8. The molecule has 102 valence electrons. The van der Waals surface area contributed by atoms with Crippen molar-refractivity contribution in [2.24, 2.45) is 11.8 Å². The van der Waals surface area contributed by atoms with Crippen LogP contribution >= 0.6 is 0 Å². The Morgan fingerprint density at radius 1 is 1.39 bits per heavy atom. The van der Waals surface area contributed by atoms with Crippen LogP contribution in [0.2, 0.25) is 0 Å². The lowest BCUT2D eigenvalue weighted by Gasteiger charge is -2.08.